The predicted molar refractivity (Wildman–Crippen MR) is 118 cm³/mol. The summed E-state index contributed by atoms with van der Waals surface area (Å²) in [5, 5.41) is 23.1. The number of benzene rings is 1. The van der Waals surface area contributed by atoms with E-state index in [-0.39, 0.29) is 5.75 Å². The third-order valence-electron chi connectivity index (χ3n) is 5.18. The summed E-state index contributed by atoms with van der Waals surface area (Å²) in [5.74, 6) is 0.791. The molecule has 160 valence electrons. The number of rotatable bonds is 17. The van der Waals surface area contributed by atoms with Crippen LogP contribution in [0.4, 0.5) is 0 Å². The van der Waals surface area contributed by atoms with Gasteiger partial charge in [-0.15, -0.1) is 0 Å². The number of nitrogens with zero attached hydrogens (tertiary/aromatic N) is 1. The van der Waals surface area contributed by atoms with E-state index in [0.29, 0.717) is 30.1 Å². The Morgan fingerprint density at radius 1 is 0.821 bits per heavy atom. The van der Waals surface area contributed by atoms with Crippen LogP contribution < -0.4 is 4.74 Å². The summed E-state index contributed by atoms with van der Waals surface area (Å²) in [5.41, 5.74) is 1.15. The van der Waals surface area contributed by atoms with Gasteiger partial charge in [0.15, 0.2) is 0 Å². The molecule has 28 heavy (non-hydrogen) atoms. The summed E-state index contributed by atoms with van der Waals surface area (Å²) in [6, 6.07) is 5.27. The first-order valence-electron chi connectivity index (χ1n) is 11.4. The van der Waals surface area contributed by atoms with E-state index in [1.54, 1.807) is 12.1 Å². The van der Waals surface area contributed by atoms with Crippen molar-refractivity contribution >= 4 is 5.71 Å². The molecule has 0 spiro atoms. The number of hydrogen-bond acceptors (Lipinski definition) is 4. The van der Waals surface area contributed by atoms with Crippen molar-refractivity contribution in [3.63, 3.8) is 0 Å². The largest absolute Gasteiger partial charge is 0.507 e. The highest BCUT2D eigenvalue weighted by atomic mass is 16.5. The van der Waals surface area contributed by atoms with Gasteiger partial charge in [-0.1, -0.05) is 89.6 Å². The Hall–Kier alpha value is -1.71. The fourth-order valence-electron chi connectivity index (χ4n) is 3.41. The Bertz CT molecular complexity index is 543. The molecule has 1 aromatic carbocycles. The van der Waals surface area contributed by atoms with Crippen molar-refractivity contribution in [1.29, 1.82) is 0 Å². The highest BCUT2D eigenvalue weighted by Gasteiger charge is 2.11. The van der Waals surface area contributed by atoms with Crippen LogP contribution in [0.1, 0.15) is 109 Å². The molecule has 0 aromatic heterocycles. The second kappa shape index (κ2) is 16.3. The second-order valence-corrected chi connectivity index (χ2v) is 7.71. The van der Waals surface area contributed by atoms with Gasteiger partial charge in [0.25, 0.3) is 0 Å². The van der Waals surface area contributed by atoms with Crippen LogP contribution in [-0.2, 0) is 0 Å². The Morgan fingerprint density at radius 2 is 1.39 bits per heavy atom. The maximum absolute atomic E-state index is 10.3. The number of phenolic OH excluding ortho intramolecular Hbond substituents is 1. The molecular weight excluding hydrogens is 350 g/mol. The second-order valence-electron chi connectivity index (χ2n) is 7.71. The van der Waals surface area contributed by atoms with Crippen molar-refractivity contribution in [3.8, 4) is 11.5 Å². The molecule has 0 saturated heterocycles. The van der Waals surface area contributed by atoms with E-state index in [4.69, 9.17) is 4.74 Å². The minimum absolute atomic E-state index is 0.121. The molecular formula is C24H41NO3. The minimum Gasteiger partial charge on any atom is -0.507 e. The van der Waals surface area contributed by atoms with Crippen molar-refractivity contribution in [1.82, 2.24) is 0 Å². The fourth-order valence-corrected chi connectivity index (χ4v) is 3.41. The minimum atomic E-state index is 0.121. The van der Waals surface area contributed by atoms with E-state index in [1.807, 2.05) is 6.07 Å². The highest BCUT2D eigenvalue weighted by Crippen LogP contribution is 2.26. The summed E-state index contributed by atoms with van der Waals surface area (Å²) in [7, 11) is 0. The number of oxime groups is 1. The van der Waals surface area contributed by atoms with Gasteiger partial charge in [0.05, 0.1) is 12.3 Å². The predicted octanol–water partition coefficient (Wildman–Crippen LogP) is 7.45. The Kier molecular flexibility index (Phi) is 14.1. The standard InChI is InChI=1S/C24H41NO3/c1-3-5-7-9-11-12-14-16-23(25-27)22-18-17-21(20-24(22)26)28-19-15-13-10-8-6-4-2/h17-18,20,26-27H,3-16,19H2,1-2H3. The average Bonchev–Trinajstić information content (AvgIpc) is 2.70. The Labute approximate surface area is 172 Å². The number of unbranched alkanes of at least 4 members (excludes halogenated alkanes) is 11. The summed E-state index contributed by atoms with van der Waals surface area (Å²) in [6.45, 7) is 5.12. The van der Waals surface area contributed by atoms with E-state index < -0.39 is 0 Å². The molecule has 0 radical (unpaired) electrons. The van der Waals surface area contributed by atoms with Gasteiger partial charge in [-0.2, -0.15) is 0 Å². The molecule has 0 heterocycles. The van der Waals surface area contributed by atoms with Gasteiger partial charge in [0.2, 0.25) is 0 Å². The molecule has 1 aromatic rings. The first-order chi connectivity index (χ1) is 13.7. The van der Waals surface area contributed by atoms with E-state index >= 15 is 0 Å². The molecule has 2 N–H and O–H groups in total. The van der Waals surface area contributed by atoms with Crippen LogP contribution in [0.5, 0.6) is 11.5 Å². The molecule has 0 amide bonds. The van der Waals surface area contributed by atoms with Crippen LogP contribution in [0.2, 0.25) is 0 Å². The van der Waals surface area contributed by atoms with E-state index in [0.717, 1.165) is 19.3 Å². The topological polar surface area (TPSA) is 62.1 Å². The molecule has 0 unspecified atom stereocenters. The molecule has 0 aliphatic rings. The first-order valence-corrected chi connectivity index (χ1v) is 11.4. The van der Waals surface area contributed by atoms with Crippen molar-refractivity contribution in [2.75, 3.05) is 6.61 Å². The van der Waals surface area contributed by atoms with Gasteiger partial charge < -0.3 is 15.1 Å². The molecule has 1 rings (SSSR count). The van der Waals surface area contributed by atoms with Crippen molar-refractivity contribution in [2.24, 2.45) is 5.16 Å². The van der Waals surface area contributed by atoms with Gasteiger partial charge in [-0.3, -0.25) is 0 Å². The van der Waals surface area contributed by atoms with Crippen LogP contribution in [0.3, 0.4) is 0 Å². The maximum atomic E-state index is 10.3. The molecule has 0 atom stereocenters. The zero-order valence-corrected chi connectivity index (χ0v) is 18.1. The van der Waals surface area contributed by atoms with Crippen LogP contribution >= 0.6 is 0 Å². The maximum Gasteiger partial charge on any atom is 0.128 e. The lowest BCUT2D eigenvalue weighted by atomic mass is 10.0. The molecule has 0 bridgehead atoms. The summed E-state index contributed by atoms with van der Waals surface area (Å²) in [6.07, 6.45) is 16.5. The lowest BCUT2D eigenvalue weighted by Gasteiger charge is -2.10. The van der Waals surface area contributed by atoms with Gasteiger partial charge in [0.1, 0.15) is 11.5 Å². The van der Waals surface area contributed by atoms with Crippen molar-refractivity contribution in [3.05, 3.63) is 23.8 Å². The molecule has 0 fully saturated rings. The fraction of sp³-hybridized carbons (Fsp3) is 0.708. The van der Waals surface area contributed by atoms with Crippen LogP contribution in [0.15, 0.2) is 23.4 Å². The molecule has 0 aliphatic carbocycles. The third-order valence-corrected chi connectivity index (χ3v) is 5.18. The van der Waals surface area contributed by atoms with Crippen LogP contribution in [0, 0.1) is 0 Å². The van der Waals surface area contributed by atoms with Crippen LogP contribution in [-0.4, -0.2) is 22.6 Å². The Morgan fingerprint density at radius 3 is 1.96 bits per heavy atom. The number of hydrogen-bond donors (Lipinski definition) is 2. The van der Waals surface area contributed by atoms with Crippen molar-refractivity contribution in [2.45, 2.75) is 104 Å². The van der Waals surface area contributed by atoms with E-state index in [2.05, 4.69) is 19.0 Å². The highest BCUT2D eigenvalue weighted by molar-refractivity contribution is 6.02. The number of ether oxygens (including phenoxy) is 1. The number of aromatic hydroxyl groups is 1. The SMILES string of the molecule is CCCCCCCCCC(=NO)c1ccc(OCCCCCCCC)cc1O. The smallest absolute Gasteiger partial charge is 0.128 e. The van der Waals surface area contributed by atoms with Gasteiger partial charge >= 0.3 is 0 Å². The Balaban J connectivity index is 2.34. The lowest BCUT2D eigenvalue weighted by Crippen LogP contribution is -2.03. The molecule has 0 aliphatic heterocycles. The third kappa shape index (κ3) is 10.6. The zero-order valence-electron chi connectivity index (χ0n) is 18.1. The van der Waals surface area contributed by atoms with E-state index in [1.165, 1.54) is 64.2 Å². The van der Waals surface area contributed by atoms with E-state index in [9.17, 15) is 10.3 Å². The summed E-state index contributed by atoms with van der Waals surface area (Å²) >= 11 is 0. The molecule has 4 heteroatoms. The summed E-state index contributed by atoms with van der Waals surface area (Å²) < 4.78 is 5.74. The van der Waals surface area contributed by atoms with Crippen LogP contribution in [0.25, 0.3) is 0 Å². The quantitative estimate of drug-likeness (QED) is 0.125. The normalized spacial score (nSPS) is 11.7. The van der Waals surface area contributed by atoms with Gasteiger partial charge in [0, 0.05) is 11.6 Å². The van der Waals surface area contributed by atoms with Gasteiger partial charge in [-0.05, 0) is 31.4 Å². The first kappa shape index (κ1) is 24.3. The average molecular weight is 392 g/mol. The lowest BCUT2D eigenvalue weighted by molar-refractivity contribution is 0.302. The monoisotopic (exact) mass is 391 g/mol. The number of phenols is 1. The molecule has 4 nitrogen and oxygen atoms in total. The van der Waals surface area contributed by atoms with Gasteiger partial charge in [-0.25, -0.2) is 0 Å². The zero-order chi connectivity index (χ0) is 20.5. The molecule has 0 saturated carbocycles. The van der Waals surface area contributed by atoms with Crippen molar-refractivity contribution < 1.29 is 15.1 Å². The summed E-state index contributed by atoms with van der Waals surface area (Å²) in [4.78, 5) is 0.